The third kappa shape index (κ3) is 2.40. The lowest BCUT2D eigenvalue weighted by Gasteiger charge is -2.29. The van der Waals surface area contributed by atoms with Crippen LogP contribution in [-0.4, -0.2) is 30.7 Å². The zero-order chi connectivity index (χ0) is 11.5. The number of carbonyl (C=O) groups is 1. The molecule has 1 aromatic carbocycles. The van der Waals surface area contributed by atoms with Crippen LogP contribution in [0.5, 0.6) is 0 Å². The molecule has 86 valence electrons. The summed E-state index contributed by atoms with van der Waals surface area (Å²) < 4.78 is 0. The van der Waals surface area contributed by atoms with Gasteiger partial charge in [-0.05, 0) is 30.4 Å². The number of likely N-dealkylation sites (N-methyl/N-ethyl adjacent to an activating group) is 1. The molecule has 3 heteroatoms. The number of benzene rings is 1. The summed E-state index contributed by atoms with van der Waals surface area (Å²) in [4.78, 5) is 14.5. The summed E-state index contributed by atoms with van der Waals surface area (Å²) in [6, 6.07) is 8.72. The van der Waals surface area contributed by atoms with Gasteiger partial charge in [-0.3, -0.25) is 4.79 Å². The van der Waals surface area contributed by atoms with E-state index in [9.17, 15) is 4.79 Å². The van der Waals surface area contributed by atoms with E-state index in [1.165, 1.54) is 10.5 Å². The van der Waals surface area contributed by atoms with Crippen LogP contribution in [0.4, 0.5) is 0 Å². The van der Waals surface area contributed by atoms with Crippen molar-refractivity contribution in [2.45, 2.75) is 23.7 Å². The Morgan fingerprint density at radius 2 is 2.00 bits per heavy atom. The standard InChI is InChI=1S/C13H17NOS/c1-14-9-11(5-8-13(14)15)10-3-6-12(16-2)7-4-10/h3-4,6-7,11H,5,8-9H2,1-2H3. The van der Waals surface area contributed by atoms with Gasteiger partial charge in [-0.25, -0.2) is 0 Å². The molecule has 0 bridgehead atoms. The van der Waals surface area contributed by atoms with Crippen molar-refractivity contribution in [2.75, 3.05) is 19.8 Å². The van der Waals surface area contributed by atoms with E-state index < -0.39 is 0 Å². The predicted octanol–water partition coefficient (Wildman–Crippen LogP) is 2.74. The molecule has 1 heterocycles. The Labute approximate surface area is 101 Å². The van der Waals surface area contributed by atoms with E-state index >= 15 is 0 Å². The first-order valence-corrected chi connectivity index (χ1v) is 6.81. The minimum absolute atomic E-state index is 0.275. The topological polar surface area (TPSA) is 20.3 Å². The highest BCUT2D eigenvalue weighted by Gasteiger charge is 2.23. The van der Waals surface area contributed by atoms with Gasteiger partial charge in [0.05, 0.1) is 0 Å². The van der Waals surface area contributed by atoms with Crippen LogP contribution >= 0.6 is 11.8 Å². The highest BCUT2D eigenvalue weighted by atomic mass is 32.2. The lowest BCUT2D eigenvalue weighted by Crippen LogP contribution is -2.35. The highest BCUT2D eigenvalue weighted by molar-refractivity contribution is 7.98. The Bertz CT molecular complexity index is 374. The van der Waals surface area contributed by atoms with E-state index in [4.69, 9.17) is 0 Å². The molecule has 1 saturated heterocycles. The van der Waals surface area contributed by atoms with Gasteiger partial charge in [-0.1, -0.05) is 12.1 Å². The van der Waals surface area contributed by atoms with Crippen molar-refractivity contribution in [3.8, 4) is 0 Å². The van der Waals surface area contributed by atoms with E-state index in [1.807, 2.05) is 11.9 Å². The van der Waals surface area contributed by atoms with Gasteiger partial charge in [0.2, 0.25) is 5.91 Å². The Morgan fingerprint density at radius 3 is 2.56 bits per heavy atom. The van der Waals surface area contributed by atoms with Gasteiger partial charge < -0.3 is 4.90 Å². The van der Waals surface area contributed by atoms with Crippen LogP contribution in [0.15, 0.2) is 29.2 Å². The summed E-state index contributed by atoms with van der Waals surface area (Å²) in [5.41, 5.74) is 1.36. The van der Waals surface area contributed by atoms with Crippen molar-refractivity contribution in [1.29, 1.82) is 0 Å². The molecule has 1 aliphatic rings. The smallest absolute Gasteiger partial charge is 0.222 e. The quantitative estimate of drug-likeness (QED) is 0.735. The first-order chi connectivity index (χ1) is 7.70. The molecule has 0 radical (unpaired) electrons. The molecular weight excluding hydrogens is 218 g/mol. The third-order valence-electron chi connectivity index (χ3n) is 3.21. The van der Waals surface area contributed by atoms with Gasteiger partial charge in [-0.15, -0.1) is 11.8 Å². The molecule has 2 nitrogen and oxygen atoms in total. The summed E-state index contributed by atoms with van der Waals surface area (Å²) in [6.07, 6.45) is 3.76. The molecule has 0 aliphatic carbocycles. The molecule has 2 rings (SSSR count). The van der Waals surface area contributed by atoms with Crippen molar-refractivity contribution in [2.24, 2.45) is 0 Å². The van der Waals surface area contributed by atoms with Crippen molar-refractivity contribution < 1.29 is 4.79 Å². The molecule has 0 saturated carbocycles. The summed E-state index contributed by atoms with van der Waals surface area (Å²) in [6.45, 7) is 0.859. The summed E-state index contributed by atoms with van der Waals surface area (Å²) in [5, 5.41) is 0. The van der Waals surface area contributed by atoms with Crippen molar-refractivity contribution in [1.82, 2.24) is 4.90 Å². The second kappa shape index (κ2) is 4.91. The number of rotatable bonds is 2. The number of nitrogens with zero attached hydrogens (tertiary/aromatic N) is 1. The van der Waals surface area contributed by atoms with E-state index in [0.717, 1.165) is 13.0 Å². The monoisotopic (exact) mass is 235 g/mol. The number of hydrogen-bond acceptors (Lipinski definition) is 2. The Kier molecular flexibility index (Phi) is 3.54. The van der Waals surface area contributed by atoms with Crippen LogP contribution < -0.4 is 0 Å². The van der Waals surface area contributed by atoms with E-state index in [-0.39, 0.29) is 5.91 Å². The van der Waals surface area contributed by atoms with Crippen LogP contribution in [0.1, 0.15) is 24.3 Å². The molecule has 16 heavy (non-hydrogen) atoms. The minimum atomic E-state index is 0.275. The minimum Gasteiger partial charge on any atom is -0.345 e. The van der Waals surface area contributed by atoms with Crippen LogP contribution in [0.25, 0.3) is 0 Å². The van der Waals surface area contributed by atoms with Crippen LogP contribution in [0.2, 0.25) is 0 Å². The Hall–Kier alpha value is -0.960. The molecule has 1 atom stereocenters. The van der Waals surface area contributed by atoms with Gasteiger partial charge in [-0.2, -0.15) is 0 Å². The molecule has 0 spiro atoms. The maximum absolute atomic E-state index is 11.4. The molecule has 1 aromatic rings. The summed E-state index contributed by atoms with van der Waals surface area (Å²) in [7, 11) is 1.89. The van der Waals surface area contributed by atoms with E-state index in [2.05, 4.69) is 30.5 Å². The molecule has 1 fully saturated rings. The fraction of sp³-hybridized carbons (Fsp3) is 0.462. The normalized spacial score (nSPS) is 21.2. The fourth-order valence-corrected chi connectivity index (χ4v) is 2.57. The third-order valence-corrected chi connectivity index (χ3v) is 3.96. The first kappa shape index (κ1) is 11.5. The van der Waals surface area contributed by atoms with Crippen LogP contribution in [-0.2, 0) is 4.79 Å². The number of amides is 1. The number of carbonyl (C=O) groups excluding carboxylic acids is 1. The SMILES string of the molecule is CSc1ccc(C2CCC(=O)N(C)C2)cc1. The van der Waals surface area contributed by atoms with Gasteiger partial charge in [0.15, 0.2) is 0 Å². The average Bonchev–Trinajstić information content (AvgIpc) is 2.33. The summed E-state index contributed by atoms with van der Waals surface area (Å²) in [5.74, 6) is 0.788. The van der Waals surface area contributed by atoms with Crippen molar-refractivity contribution in [3.63, 3.8) is 0 Å². The molecule has 0 aromatic heterocycles. The van der Waals surface area contributed by atoms with E-state index in [1.54, 1.807) is 11.8 Å². The van der Waals surface area contributed by atoms with Gasteiger partial charge in [0.1, 0.15) is 0 Å². The lowest BCUT2D eigenvalue weighted by atomic mass is 9.91. The van der Waals surface area contributed by atoms with Gasteiger partial charge >= 0.3 is 0 Å². The molecule has 1 unspecified atom stereocenters. The second-order valence-electron chi connectivity index (χ2n) is 4.28. The fourth-order valence-electron chi connectivity index (χ4n) is 2.16. The number of piperidine rings is 1. The lowest BCUT2D eigenvalue weighted by molar-refractivity contribution is -0.132. The zero-order valence-corrected chi connectivity index (χ0v) is 10.6. The molecule has 0 N–H and O–H groups in total. The number of hydrogen-bond donors (Lipinski definition) is 0. The van der Waals surface area contributed by atoms with E-state index in [0.29, 0.717) is 12.3 Å². The van der Waals surface area contributed by atoms with Crippen molar-refractivity contribution >= 4 is 17.7 Å². The van der Waals surface area contributed by atoms with Gasteiger partial charge in [0, 0.05) is 30.8 Å². The van der Waals surface area contributed by atoms with Crippen LogP contribution in [0.3, 0.4) is 0 Å². The maximum Gasteiger partial charge on any atom is 0.222 e. The molecule has 1 amide bonds. The average molecular weight is 235 g/mol. The second-order valence-corrected chi connectivity index (χ2v) is 5.16. The van der Waals surface area contributed by atoms with Gasteiger partial charge in [0.25, 0.3) is 0 Å². The Balaban J connectivity index is 2.09. The highest BCUT2D eigenvalue weighted by Crippen LogP contribution is 2.28. The number of likely N-dealkylation sites (tertiary alicyclic amines) is 1. The van der Waals surface area contributed by atoms with Crippen molar-refractivity contribution in [3.05, 3.63) is 29.8 Å². The molecule has 1 aliphatic heterocycles. The Morgan fingerprint density at radius 1 is 1.31 bits per heavy atom. The first-order valence-electron chi connectivity index (χ1n) is 5.58. The predicted molar refractivity (Wildman–Crippen MR) is 67.8 cm³/mol. The number of thioether (sulfide) groups is 1. The van der Waals surface area contributed by atoms with Crippen LogP contribution in [0, 0.1) is 0 Å². The maximum atomic E-state index is 11.4. The molecular formula is C13H17NOS. The largest absolute Gasteiger partial charge is 0.345 e. The zero-order valence-electron chi connectivity index (χ0n) is 9.77. The summed E-state index contributed by atoms with van der Waals surface area (Å²) >= 11 is 1.76.